The molecule has 7 nitrogen and oxygen atoms in total. The van der Waals surface area contributed by atoms with Crippen LogP contribution in [-0.4, -0.2) is 34.8 Å². The van der Waals surface area contributed by atoms with E-state index in [9.17, 15) is 4.79 Å². The van der Waals surface area contributed by atoms with Crippen LogP contribution < -0.4 is 16.4 Å². The molecular weight excluding hydrogens is 350 g/mol. The SMILES string of the molecule is CC(C)CC1CC(OC(N)=O)CCN1c1nc(Br)cnc1N. The summed E-state index contributed by atoms with van der Waals surface area (Å²) in [5.74, 6) is 1.59. The lowest BCUT2D eigenvalue weighted by molar-refractivity contribution is 0.0797. The van der Waals surface area contributed by atoms with Gasteiger partial charge in [0.1, 0.15) is 10.7 Å². The number of piperidine rings is 1. The number of hydrogen-bond donors (Lipinski definition) is 2. The zero-order valence-corrected chi connectivity index (χ0v) is 14.4. The first-order chi connectivity index (χ1) is 10.4. The van der Waals surface area contributed by atoms with Crippen molar-refractivity contribution >= 4 is 33.7 Å². The Morgan fingerprint density at radius 2 is 2.32 bits per heavy atom. The highest BCUT2D eigenvalue weighted by Gasteiger charge is 2.32. The van der Waals surface area contributed by atoms with Gasteiger partial charge in [-0.05, 0) is 28.3 Å². The number of nitrogens with zero attached hydrogens (tertiary/aromatic N) is 3. The molecule has 1 amide bonds. The number of nitrogen functional groups attached to an aromatic ring is 1. The smallest absolute Gasteiger partial charge is 0.404 e. The third kappa shape index (κ3) is 4.22. The van der Waals surface area contributed by atoms with E-state index in [0.717, 1.165) is 12.8 Å². The first-order valence-electron chi connectivity index (χ1n) is 7.37. The van der Waals surface area contributed by atoms with Gasteiger partial charge in [-0.15, -0.1) is 0 Å². The fourth-order valence-corrected chi connectivity index (χ4v) is 3.18. The zero-order valence-electron chi connectivity index (χ0n) is 12.8. The van der Waals surface area contributed by atoms with E-state index in [0.29, 0.717) is 35.1 Å². The fraction of sp³-hybridized carbons (Fsp3) is 0.643. The largest absolute Gasteiger partial charge is 0.446 e. The van der Waals surface area contributed by atoms with Gasteiger partial charge in [0.25, 0.3) is 0 Å². The van der Waals surface area contributed by atoms with Crippen LogP contribution in [0.1, 0.15) is 33.1 Å². The molecule has 0 spiro atoms. The highest BCUT2D eigenvalue weighted by molar-refractivity contribution is 9.10. The number of carbonyl (C=O) groups is 1. The molecule has 1 aromatic heterocycles. The third-order valence-electron chi connectivity index (χ3n) is 3.72. The predicted molar refractivity (Wildman–Crippen MR) is 88.4 cm³/mol. The Kier molecular flexibility index (Phi) is 5.44. The molecule has 0 saturated carbocycles. The molecule has 2 atom stereocenters. The number of rotatable bonds is 4. The molecule has 0 aromatic carbocycles. The second-order valence-electron chi connectivity index (χ2n) is 5.96. The van der Waals surface area contributed by atoms with Crippen LogP contribution >= 0.6 is 15.9 Å². The lowest BCUT2D eigenvalue weighted by Gasteiger charge is -2.40. The molecule has 2 rings (SSSR count). The summed E-state index contributed by atoms with van der Waals surface area (Å²) < 4.78 is 5.83. The minimum Gasteiger partial charge on any atom is -0.446 e. The van der Waals surface area contributed by atoms with Crippen molar-refractivity contribution in [2.45, 2.75) is 45.3 Å². The summed E-state index contributed by atoms with van der Waals surface area (Å²) >= 11 is 3.34. The van der Waals surface area contributed by atoms with Gasteiger partial charge in [0.2, 0.25) is 0 Å². The van der Waals surface area contributed by atoms with E-state index in [4.69, 9.17) is 16.2 Å². The van der Waals surface area contributed by atoms with Crippen LogP contribution in [-0.2, 0) is 4.74 Å². The van der Waals surface area contributed by atoms with E-state index >= 15 is 0 Å². The first kappa shape index (κ1) is 16.8. The van der Waals surface area contributed by atoms with Crippen molar-refractivity contribution in [3.05, 3.63) is 10.8 Å². The summed E-state index contributed by atoms with van der Waals surface area (Å²) in [5.41, 5.74) is 11.1. The Balaban J connectivity index is 2.21. The standard InChI is InChI=1S/C14H22BrN5O2/c1-8(2)5-9-6-10(22-14(17)21)3-4-20(9)13-12(16)18-7-11(15)19-13/h7-10H,3-6H2,1-2H3,(H2,16,18)(H2,17,21). The Labute approximate surface area is 138 Å². The third-order valence-corrected chi connectivity index (χ3v) is 4.10. The lowest BCUT2D eigenvalue weighted by atomic mass is 9.92. The maximum Gasteiger partial charge on any atom is 0.404 e. The number of hydrogen-bond acceptors (Lipinski definition) is 6. The van der Waals surface area contributed by atoms with Gasteiger partial charge in [-0.1, -0.05) is 13.8 Å². The number of nitrogens with two attached hydrogens (primary N) is 2. The minimum atomic E-state index is -0.719. The molecule has 1 fully saturated rings. The molecule has 0 aliphatic carbocycles. The molecule has 2 unspecified atom stereocenters. The maximum absolute atomic E-state index is 11.0. The molecule has 1 aliphatic heterocycles. The first-order valence-corrected chi connectivity index (χ1v) is 8.16. The zero-order chi connectivity index (χ0) is 16.3. The Morgan fingerprint density at radius 1 is 1.59 bits per heavy atom. The van der Waals surface area contributed by atoms with Crippen LogP contribution in [0.2, 0.25) is 0 Å². The Bertz CT molecular complexity index is 540. The van der Waals surface area contributed by atoms with Gasteiger partial charge in [0.15, 0.2) is 11.6 Å². The highest BCUT2D eigenvalue weighted by Crippen LogP contribution is 2.31. The predicted octanol–water partition coefficient (Wildman–Crippen LogP) is 2.30. The van der Waals surface area contributed by atoms with Gasteiger partial charge < -0.3 is 21.1 Å². The number of aromatic nitrogens is 2. The van der Waals surface area contributed by atoms with E-state index in [2.05, 4.69) is 44.6 Å². The number of halogens is 1. The molecule has 22 heavy (non-hydrogen) atoms. The quantitative estimate of drug-likeness (QED) is 0.840. The van der Waals surface area contributed by atoms with E-state index in [1.165, 1.54) is 0 Å². The summed E-state index contributed by atoms with van der Waals surface area (Å²) in [7, 11) is 0. The van der Waals surface area contributed by atoms with Gasteiger partial charge in [0.05, 0.1) is 6.20 Å². The number of ether oxygens (including phenoxy) is 1. The molecule has 8 heteroatoms. The Hall–Kier alpha value is -1.57. The van der Waals surface area contributed by atoms with Crippen molar-refractivity contribution in [3.8, 4) is 0 Å². The molecule has 0 radical (unpaired) electrons. The average molecular weight is 372 g/mol. The van der Waals surface area contributed by atoms with Gasteiger partial charge in [0, 0.05) is 25.4 Å². The Morgan fingerprint density at radius 3 is 2.95 bits per heavy atom. The number of anilines is 2. The van der Waals surface area contributed by atoms with Crippen LogP contribution in [0.4, 0.5) is 16.4 Å². The van der Waals surface area contributed by atoms with Gasteiger partial charge in [-0.25, -0.2) is 14.8 Å². The maximum atomic E-state index is 11.0. The van der Waals surface area contributed by atoms with Gasteiger partial charge in [-0.3, -0.25) is 0 Å². The summed E-state index contributed by atoms with van der Waals surface area (Å²) in [6.45, 7) is 5.02. The molecular formula is C14H22BrN5O2. The molecule has 4 N–H and O–H groups in total. The summed E-state index contributed by atoms with van der Waals surface area (Å²) in [6, 6.07) is 0.184. The van der Waals surface area contributed by atoms with E-state index in [1.807, 2.05) is 0 Å². The number of primary amides is 1. The number of amides is 1. The fourth-order valence-electron chi connectivity index (χ4n) is 2.91. The van der Waals surface area contributed by atoms with Crippen LogP contribution in [0.5, 0.6) is 0 Å². The highest BCUT2D eigenvalue weighted by atomic mass is 79.9. The molecule has 2 heterocycles. The van der Waals surface area contributed by atoms with Gasteiger partial charge in [-0.2, -0.15) is 0 Å². The second kappa shape index (κ2) is 7.13. The average Bonchev–Trinajstić information content (AvgIpc) is 2.41. The van der Waals surface area contributed by atoms with Crippen LogP contribution in [0.3, 0.4) is 0 Å². The summed E-state index contributed by atoms with van der Waals surface area (Å²) in [6.07, 6.45) is 3.08. The van der Waals surface area contributed by atoms with Crippen LogP contribution in [0.25, 0.3) is 0 Å². The van der Waals surface area contributed by atoms with Crippen molar-refractivity contribution < 1.29 is 9.53 Å². The van der Waals surface area contributed by atoms with E-state index in [-0.39, 0.29) is 12.1 Å². The normalized spacial score (nSPS) is 21.9. The summed E-state index contributed by atoms with van der Waals surface area (Å²) in [5, 5.41) is 0. The number of carbonyl (C=O) groups excluding carboxylic acids is 1. The molecule has 1 saturated heterocycles. The minimum absolute atomic E-state index is 0.154. The molecule has 122 valence electrons. The van der Waals surface area contributed by atoms with Crippen molar-refractivity contribution in [2.75, 3.05) is 17.2 Å². The van der Waals surface area contributed by atoms with Gasteiger partial charge >= 0.3 is 6.09 Å². The molecule has 1 aliphatic rings. The second-order valence-corrected chi connectivity index (χ2v) is 6.77. The van der Waals surface area contributed by atoms with Crippen LogP contribution in [0.15, 0.2) is 10.8 Å². The topological polar surface area (TPSA) is 107 Å². The molecule has 1 aromatic rings. The molecule has 0 bridgehead atoms. The lowest BCUT2D eigenvalue weighted by Crippen LogP contribution is -2.47. The van der Waals surface area contributed by atoms with Crippen molar-refractivity contribution in [1.82, 2.24) is 9.97 Å². The van der Waals surface area contributed by atoms with Crippen LogP contribution in [0, 0.1) is 5.92 Å². The summed E-state index contributed by atoms with van der Waals surface area (Å²) in [4.78, 5) is 21.8. The monoisotopic (exact) mass is 371 g/mol. The van der Waals surface area contributed by atoms with E-state index < -0.39 is 6.09 Å². The van der Waals surface area contributed by atoms with Crippen molar-refractivity contribution in [2.24, 2.45) is 11.7 Å². The van der Waals surface area contributed by atoms with Crippen molar-refractivity contribution in [1.29, 1.82) is 0 Å². The van der Waals surface area contributed by atoms with Crippen molar-refractivity contribution in [3.63, 3.8) is 0 Å². The van der Waals surface area contributed by atoms with E-state index in [1.54, 1.807) is 6.20 Å².